The van der Waals surface area contributed by atoms with E-state index in [1.165, 1.54) is 52.5 Å². The summed E-state index contributed by atoms with van der Waals surface area (Å²) in [5.74, 6) is 0.451. The third-order valence-electron chi connectivity index (χ3n) is 6.31. The topological polar surface area (TPSA) is 26.0 Å². The summed E-state index contributed by atoms with van der Waals surface area (Å²) in [6.07, 6.45) is 17.4. The van der Waals surface area contributed by atoms with Crippen LogP contribution in [0.3, 0.4) is 0 Å². The Hall–Kier alpha value is -3.32. The van der Waals surface area contributed by atoms with E-state index in [1.54, 1.807) is 5.57 Å². The van der Waals surface area contributed by atoms with Gasteiger partial charge in [-0.3, -0.25) is 0 Å². The molecule has 1 unspecified atom stereocenters. The summed E-state index contributed by atoms with van der Waals surface area (Å²) < 4.78 is 0. The van der Waals surface area contributed by atoms with Crippen LogP contribution in [0.2, 0.25) is 0 Å². The highest BCUT2D eigenvalue weighted by Gasteiger charge is 2.21. The molecule has 0 aliphatic heterocycles. The van der Waals surface area contributed by atoms with Crippen LogP contribution in [0.4, 0.5) is 0 Å². The minimum atomic E-state index is 0.451. The maximum absolute atomic E-state index is 4.61. The van der Waals surface area contributed by atoms with Gasteiger partial charge in [0, 0.05) is 5.92 Å². The van der Waals surface area contributed by atoms with E-state index in [2.05, 4.69) is 112 Å². The molecular weight excluding hydrogens is 434 g/mol. The fourth-order valence-electron chi connectivity index (χ4n) is 4.48. The molecule has 0 spiro atoms. The fraction of sp³-hybridized carbons (Fsp3) is 0.314. The first-order chi connectivity index (χ1) is 17.5. The van der Waals surface area contributed by atoms with Gasteiger partial charge in [-0.15, -0.1) is 0 Å². The molecule has 1 aliphatic carbocycles. The minimum Gasteiger partial charge on any atom is -0.405 e. The monoisotopic (exact) mass is 481 g/mol. The van der Waals surface area contributed by atoms with E-state index in [0.717, 1.165) is 19.3 Å². The molecular formula is C35H47N. The number of benzene rings is 2. The zero-order valence-corrected chi connectivity index (χ0v) is 23.3. The van der Waals surface area contributed by atoms with Gasteiger partial charge in [-0.1, -0.05) is 129 Å². The molecule has 192 valence electrons. The first-order valence-electron chi connectivity index (χ1n) is 13.3. The Kier molecular flexibility index (Phi) is 15.4. The molecule has 0 heterocycles. The largest absolute Gasteiger partial charge is 0.405 e. The summed E-state index contributed by atoms with van der Waals surface area (Å²) in [7, 11) is 0. The zero-order chi connectivity index (χ0) is 26.8. The van der Waals surface area contributed by atoms with Crippen molar-refractivity contribution in [1.29, 1.82) is 0 Å². The molecule has 2 aromatic carbocycles. The third kappa shape index (κ3) is 10.5. The summed E-state index contributed by atoms with van der Waals surface area (Å²) >= 11 is 0. The number of rotatable bonds is 9. The number of allylic oxidation sites excluding steroid dienone is 9. The van der Waals surface area contributed by atoms with Crippen molar-refractivity contribution in [2.75, 3.05) is 0 Å². The molecule has 3 rings (SSSR count). The molecule has 2 aromatic rings. The maximum atomic E-state index is 4.61. The zero-order valence-electron chi connectivity index (χ0n) is 23.3. The molecule has 1 aliphatic rings. The van der Waals surface area contributed by atoms with Crippen LogP contribution in [-0.2, 0) is 12.8 Å². The smallest absolute Gasteiger partial charge is 0.00943 e. The predicted octanol–water partition coefficient (Wildman–Crippen LogP) is 9.81. The van der Waals surface area contributed by atoms with E-state index in [9.17, 15) is 0 Å². The van der Waals surface area contributed by atoms with Crippen LogP contribution in [0, 0.1) is 0 Å². The summed E-state index contributed by atoms with van der Waals surface area (Å²) in [4.78, 5) is 0. The Morgan fingerprint density at radius 2 is 1.56 bits per heavy atom. The number of hydrogen-bond donors (Lipinski definition) is 1. The molecule has 0 saturated heterocycles. The molecule has 0 saturated carbocycles. The number of aryl methyl sites for hydroxylation is 1. The third-order valence-corrected chi connectivity index (χ3v) is 6.31. The van der Waals surface area contributed by atoms with Crippen molar-refractivity contribution in [3.8, 4) is 0 Å². The van der Waals surface area contributed by atoms with Crippen molar-refractivity contribution in [3.05, 3.63) is 143 Å². The van der Waals surface area contributed by atoms with E-state index in [-0.39, 0.29) is 0 Å². The van der Waals surface area contributed by atoms with Crippen LogP contribution < -0.4 is 5.73 Å². The van der Waals surface area contributed by atoms with Gasteiger partial charge in [-0.25, -0.2) is 0 Å². The van der Waals surface area contributed by atoms with Gasteiger partial charge >= 0.3 is 0 Å². The van der Waals surface area contributed by atoms with Crippen LogP contribution in [0.25, 0.3) is 0 Å². The summed E-state index contributed by atoms with van der Waals surface area (Å²) in [6.45, 7) is 17.7. The molecule has 0 aromatic heterocycles. The molecule has 2 N–H and O–H groups in total. The van der Waals surface area contributed by atoms with E-state index in [0.29, 0.717) is 5.92 Å². The highest BCUT2D eigenvalue weighted by atomic mass is 14.5. The molecule has 1 atom stereocenters. The Labute approximate surface area is 221 Å². The van der Waals surface area contributed by atoms with Crippen LogP contribution >= 0.6 is 0 Å². The van der Waals surface area contributed by atoms with Gasteiger partial charge in [-0.05, 0) is 81.3 Å². The van der Waals surface area contributed by atoms with Gasteiger partial charge in [0.05, 0.1) is 0 Å². The Morgan fingerprint density at radius 1 is 0.944 bits per heavy atom. The van der Waals surface area contributed by atoms with Crippen molar-refractivity contribution in [2.45, 2.75) is 72.6 Å². The van der Waals surface area contributed by atoms with Crippen LogP contribution in [0.5, 0.6) is 0 Å². The van der Waals surface area contributed by atoms with Crippen molar-refractivity contribution >= 4 is 0 Å². The predicted molar refractivity (Wildman–Crippen MR) is 162 cm³/mol. The normalized spacial score (nSPS) is 14.1. The second-order valence-corrected chi connectivity index (χ2v) is 8.89. The Balaban J connectivity index is 0.00000120. The SMILES string of the molecule is C=C/C(=C\C=C/C)CCc1ccc(CC(C2=C(C)C=C(C)CC2)c2ccccc2)cc1.C=CN.CC. The Bertz CT molecular complexity index is 1030. The molecule has 1 heteroatoms. The van der Waals surface area contributed by atoms with Crippen molar-refractivity contribution < 1.29 is 0 Å². The molecule has 1 nitrogen and oxygen atoms in total. The van der Waals surface area contributed by atoms with Gasteiger partial charge in [0.2, 0.25) is 0 Å². The highest BCUT2D eigenvalue weighted by Crippen LogP contribution is 2.37. The molecule has 0 bridgehead atoms. The van der Waals surface area contributed by atoms with Crippen molar-refractivity contribution in [2.24, 2.45) is 5.73 Å². The second kappa shape index (κ2) is 18.0. The summed E-state index contributed by atoms with van der Waals surface area (Å²) in [5, 5.41) is 0. The second-order valence-electron chi connectivity index (χ2n) is 8.89. The lowest BCUT2D eigenvalue weighted by molar-refractivity contribution is 0.710. The molecule has 0 amide bonds. The van der Waals surface area contributed by atoms with E-state index in [1.807, 2.05) is 26.8 Å². The van der Waals surface area contributed by atoms with Gasteiger partial charge < -0.3 is 5.73 Å². The van der Waals surface area contributed by atoms with Crippen molar-refractivity contribution in [1.82, 2.24) is 0 Å². The number of nitrogens with two attached hydrogens (primary N) is 1. The van der Waals surface area contributed by atoms with Gasteiger partial charge in [0.15, 0.2) is 0 Å². The van der Waals surface area contributed by atoms with Gasteiger partial charge in [-0.2, -0.15) is 0 Å². The van der Waals surface area contributed by atoms with Crippen LogP contribution in [0.1, 0.15) is 76.5 Å². The lowest BCUT2D eigenvalue weighted by Gasteiger charge is -2.26. The Morgan fingerprint density at radius 3 is 2.11 bits per heavy atom. The first kappa shape index (κ1) is 30.7. The average Bonchev–Trinajstić information content (AvgIpc) is 2.91. The molecule has 0 fully saturated rings. The van der Waals surface area contributed by atoms with E-state index in [4.69, 9.17) is 0 Å². The van der Waals surface area contributed by atoms with Crippen molar-refractivity contribution in [3.63, 3.8) is 0 Å². The quantitative estimate of drug-likeness (QED) is 0.354. The van der Waals surface area contributed by atoms with Gasteiger partial charge in [0.25, 0.3) is 0 Å². The first-order valence-corrected chi connectivity index (χ1v) is 13.3. The van der Waals surface area contributed by atoms with Crippen LogP contribution in [0.15, 0.2) is 127 Å². The lowest BCUT2D eigenvalue weighted by atomic mass is 9.78. The molecule has 36 heavy (non-hydrogen) atoms. The van der Waals surface area contributed by atoms with E-state index < -0.39 is 0 Å². The summed E-state index contributed by atoms with van der Waals surface area (Å²) in [6, 6.07) is 20.3. The standard InChI is InChI=1S/C31H36.C2H5N.C2H6/c1-5-7-11-26(6-2)15-16-27-17-19-28(20-18-27)23-31(29-12-9-8-10-13-29)30-21-14-24(3)22-25(30)4;1-2-3;1-2/h5-13,17-20,22,31H,2,14-16,21,23H2,1,3-4H3;2H,1,3H2;1-2H3/b7-5-,26-11+;;. The number of hydrogen-bond acceptors (Lipinski definition) is 1. The van der Waals surface area contributed by atoms with E-state index >= 15 is 0 Å². The lowest BCUT2D eigenvalue weighted by Crippen LogP contribution is -2.11. The fourth-order valence-corrected chi connectivity index (χ4v) is 4.48. The molecule has 0 radical (unpaired) electrons. The highest BCUT2D eigenvalue weighted by molar-refractivity contribution is 5.41. The minimum absolute atomic E-state index is 0.451. The van der Waals surface area contributed by atoms with Crippen LogP contribution in [-0.4, -0.2) is 0 Å². The summed E-state index contributed by atoms with van der Waals surface area (Å²) in [5.41, 5.74) is 14.7. The average molecular weight is 482 g/mol. The van der Waals surface area contributed by atoms with Gasteiger partial charge in [0.1, 0.15) is 0 Å². The maximum Gasteiger partial charge on any atom is 0.00943 e.